The van der Waals surface area contributed by atoms with Crippen LogP contribution in [0.4, 0.5) is 13.2 Å². The zero-order chi connectivity index (χ0) is 19.6. The number of hydrogen-bond donors (Lipinski definition) is 1. The highest BCUT2D eigenvalue weighted by Gasteiger charge is 2.36. The molecular weight excluding hydrogens is 365 g/mol. The first-order valence-electron chi connectivity index (χ1n) is 8.04. The lowest BCUT2D eigenvalue weighted by molar-refractivity contribution is -0.154. The van der Waals surface area contributed by atoms with Gasteiger partial charge in [-0.05, 0) is 23.6 Å². The summed E-state index contributed by atoms with van der Waals surface area (Å²) in [5.41, 5.74) is 1.17. The third-order valence-corrected chi connectivity index (χ3v) is 4.10. The molecule has 2 aromatic rings. The highest BCUT2D eigenvalue weighted by Crippen LogP contribution is 2.31. The Kier molecular flexibility index (Phi) is 5.02. The number of nitrogens with zero attached hydrogens (tertiary/aromatic N) is 2. The Balaban J connectivity index is 1.86. The number of halogens is 3. The second kappa shape index (κ2) is 7.26. The number of benzene rings is 1. The maximum atomic E-state index is 12.8. The predicted octanol–water partition coefficient (Wildman–Crippen LogP) is 2.85. The summed E-state index contributed by atoms with van der Waals surface area (Å²) < 4.78 is 41.4. The Bertz CT molecular complexity index is 870. The first kappa shape index (κ1) is 18.7. The maximum absolute atomic E-state index is 12.8. The van der Waals surface area contributed by atoms with Gasteiger partial charge in [0.05, 0.1) is 0 Å². The number of aliphatic carboxylic acids is 1. The van der Waals surface area contributed by atoms with Gasteiger partial charge in [-0.3, -0.25) is 4.79 Å². The number of carbonyl (C=O) groups is 2. The molecule has 1 unspecified atom stereocenters. The van der Waals surface area contributed by atoms with Crippen LogP contribution in [0.1, 0.15) is 27.7 Å². The molecule has 3 rings (SSSR count). The third-order valence-electron chi connectivity index (χ3n) is 4.10. The molecule has 142 valence electrons. The molecule has 0 spiro atoms. The van der Waals surface area contributed by atoms with Gasteiger partial charge in [-0.25, -0.2) is 9.78 Å². The number of fused-ring (bicyclic) bond motifs is 1. The summed E-state index contributed by atoms with van der Waals surface area (Å²) in [6.45, 7) is -1.38. The lowest BCUT2D eigenvalue weighted by atomic mass is 9.92. The average molecular weight is 380 g/mol. The van der Waals surface area contributed by atoms with Crippen molar-refractivity contribution >= 4 is 11.9 Å². The molecule has 0 saturated heterocycles. The van der Waals surface area contributed by atoms with Gasteiger partial charge in [0.25, 0.3) is 5.91 Å². The van der Waals surface area contributed by atoms with Crippen molar-refractivity contribution in [2.24, 2.45) is 0 Å². The van der Waals surface area contributed by atoms with Gasteiger partial charge in [0.15, 0.2) is 12.6 Å². The number of alkyl halides is 3. The fourth-order valence-corrected chi connectivity index (χ4v) is 2.97. The summed E-state index contributed by atoms with van der Waals surface area (Å²) in [6.07, 6.45) is -4.07. The molecule has 1 aliphatic heterocycles. The van der Waals surface area contributed by atoms with E-state index < -0.39 is 30.7 Å². The monoisotopic (exact) mass is 380 g/mol. The highest BCUT2D eigenvalue weighted by molar-refractivity contribution is 5.95. The van der Waals surface area contributed by atoms with E-state index in [2.05, 4.69) is 9.72 Å². The van der Waals surface area contributed by atoms with E-state index in [1.54, 1.807) is 24.3 Å². The summed E-state index contributed by atoms with van der Waals surface area (Å²) in [5.74, 6) is -2.24. The van der Waals surface area contributed by atoms with Gasteiger partial charge in [-0.1, -0.05) is 30.3 Å². The number of pyridine rings is 1. The molecule has 1 aliphatic rings. The number of rotatable bonds is 4. The minimum atomic E-state index is -4.54. The molecule has 2 heterocycles. The van der Waals surface area contributed by atoms with Crippen LogP contribution >= 0.6 is 0 Å². The third kappa shape index (κ3) is 4.18. The minimum Gasteiger partial charge on any atom is -0.479 e. The van der Waals surface area contributed by atoms with Crippen molar-refractivity contribution in [1.29, 1.82) is 0 Å². The maximum Gasteiger partial charge on any atom is 0.422 e. The summed E-state index contributed by atoms with van der Waals surface area (Å²) in [6, 6.07) is 9.57. The van der Waals surface area contributed by atoms with Crippen LogP contribution in [0.2, 0.25) is 0 Å². The van der Waals surface area contributed by atoms with Crippen molar-refractivity contribution in [2.75, 3.05) is 13.2 Å². The number of carbonyl (C=O) groups excluding carboxylic acids is 1. The van der Waals surface area contributed by atoms with E-state index in [-0.39, 0.29) is 18.1 Å². The molecule has 0 radical (unpaired) electrons. The molecule has 1 N–H and O–H groups in total. The SMILES string of the molecule is O=C(O)C1c2ccccc2CCN1C(=O)c1cccc(OCC(F)(F)F)n1. The summed E-state index contributed by atoms with van der Waals surface area (Å²) in [7, 11) is 0. The standard InChI is InChI=1S/C18H15F3N2O4/c19-18(20,21)10-27-14-7-3-6-13(22-14)16(24)23-9-8-11-4-1-2-5-12(11)15(23)17(25)26/h1-7,15H,8-10H2,(H,25,26). The molecule has 1 amide bonds. The fourth-order valence-electron chi connectivity index (χ4n) is 2.97. The zero-order valence-electron chi connectivity index (χ0n) is 13.9. The molecule has 6 nitrogen and oxygen atoms in total. The molecule has 27 heavy (non-hydrogen) atoms. The van der Waals surface area contributed by atoms with Crippen molar-refractivity contribution < 1.29 is 32.6 Å². The Hall–Kier alpha value is -3.10. The van der Waals surface area contributed by atoms with Crippen LogP contribution in [0.15, 0.2) is 42.5 Å². The molecule has 1 aromatic carbocycles. The average Bonchev–Trinajstić information content (AvgIpc) is 2.64. The van der Waals surface area contributed by atoms with Crippen molar-refractivity contribution in [2.45, 2.75) is 18.6 Å². The van der Waals surface area contributed by atoms with E-state index >= 15 is 0 Å². The van der Waals surface area contributed by atoms with E-state index in [4.69, 9.17) is 0 Å². The van der Waals surface area contributed by atoms with Crippen LogP contribution in [-0.2, 0) is 11.2 Å². The second-order valence-electron chi connectivity index (χ2n) is 5.95. The predicted molar refractivity (Wildman–Crippen MR) is 87.3 cm³/mol. The summed E-state index contributed by atoms with van der Waals surface area (Å²) in [4.78, 5) is 29.5. The molecule has 0 bridgehead atoms. The largest absolute Gasteiger partial charge is 0.479 e. The number of amides is 1. The molecule has 1 aromatic heterocycles. The van der Waals surface area contributed by atoms with E-state index in [0.717, 1.165) is 10.5 Å². The molecule has 0 saturated carbocycles. The van der Waals surface area contributed by atoms with Gasteiger partial charge in [0, 0.05) is 12.6 Å². The number of hydrogen-bond acceptors (Lipinski definition) is 4. The number of carboxylic acid groups (broad SMARTS) is 1. The fraction of sp³-hybridized carbons (Fsp3) is 0.278. The van der Waals surface area contributed by atoms with Gasteiger partial charge >= 0.3 is 12.1 Å². The number of ether oxygens (including phenoxy) is 1. The van der Waals surface area contributed by atoms with Gasteiger partial charge < -0.3 is 14.7 Å². The van der Waals surface area contributed by atoms with E-state index in [0.29, 0.717) is 12.0 Å². The lowest BCUT2D eigenvalue weighted by Crippen LogP contribution is -2.43. The van der Waals surface area contributed by atoms with Crippen LogP contribution < -0.4 is 4.74 Å². The number of carboxylic acids is 1. The van der Waals surface area contributed by atoms with Gasteiger partial charge in [0.1, 0.15) is 5.69 Å². The first-order valence-corrected chi connectivity index (χ1v) is 8.04. The summed E-state index contributed by atoms with van der Waals surface area (Å²) >= 11 is 0. The normalized spacial score (nSPS) is 16.6. The van der Waals surface area contributed by atoms with E-state index in [1.807, 2.05) is 0 Å². The second-order valence-corrected chi connectivity index (χ2v) is 5.95. The number of aromatic nitrogens is 1. The molecule has 9 heteroatoms. The molecule has 0 aliphatic carbocycles. The van der Waals surface area contributed by atoms with Crippen molar-refractivity contribution in [3.63, 3.8) is 0 Å². The van der Waals surface area contributed by atoms with Crippen LogP contribution in [0, 0.1) is 0 Å². The lowest BCUT2D eigenvalue weighted by Gasteiger charge is -2.34. The van der Waals surface area contributed by atoms with Crippen molar-refractivity contribution in [3.05, 3.63) is 59.3 Å². The first-order chi connectivity index (χ1) is 12.8. The highest BCUT2D eigenvalue weighted by atomic mass is 19.4. The van der Waals surface area contributed by atoms with E-state index in [1.165, 1.54) is 18.2 Å². The quantitative estimate of drug-likeness (QED) is 0.882. The molecule has 1 atom stereocenters. The van der Waals surface area contributed by atoms with Crippen molar-refractivity contribution in [3.8, 4) is 5.88 Å². The summed E-state index contributed by atoms with van der Waals surface area (Å²) in [5, 5.41) is 9.62. The molecule has 0 fully saturated rings. The van der Waals surface area contributed by atoms with E-state index in [9.17, 15) is 27.9 Å². The Morgan fingerprint density at radius 1 is 1.19 bits per heavy atom. The Morgan fingerprint density at radius 3 is 2.63 bits per heavy atom. The Labute approximate surface area is 152 Å². The Morgan fingerprint density at radius 2 is 1.93 bits per heavy atom. The topological polar surface area (TPSA) is 79.7 Å². The minimum absolute atomic E-state index is 0.155. The van der Waals surface area contributed by atoms with Crippen LogP contribution in [0.3, 0.4) is 0 Å². The smallest absolute Gasteiger partial charge is 0.422 e. The molecular formula is C18H15F3N2O4. The zero-order valence-corrected chi connectivity index (χ0v) is 13.9. The van der Waals surface area contributed by atoms with Gasteiger partial charge in [0.2, 0.25) is 5.88 Å². The van der Waals surface area contributed by atoms with Crippen LogP contribution in [0.25, 0.3) is 0 Å². The van der Waals surface area contributed by atoms with Crippen molar-refractivity contribution in [1.82, 2.24) is 9.88 Å². The van der Waals surface area contributed by atoms with Crippen LogP contribution in [-0.4, -0.2) is 46.2 Å². The van der Waals surface area contributed by atoms with Gasteiger partial charge in [-0.15, -0.1) is 0 Å². The van der Waals surface area contributed by atoms with Gasteiger partial charge in [-0.2, -0.15) is 13.2 Å². The van der Waals surface area contributed by atoms with Crippen LogP contribution in [0.5, 0.6) is 5.88 Å².